The van der Waals surface area contributed by atoms with E-state index in [1.54, 1.807) is 0 Å². The molecule has 0 unspecified atom stereocenters. The number of carbonyl (C=O) groups is 1. The first-order valence-corrected chi connectivity index (χ1v) is 8.81. The van der Waals surface area contributed by atoms with E-state index in [2.05, 4.69) is 43.7 Å². The Labute approximate surface area is 150 Å². The Kier molecular flexibility index (Phi) is 5.16. The van der Waals surface area contributed by atoms with Crippen molar-refractivity contribution in [2.24, 2.45) is 5.73 Å². The van der Waals surface area contributed by atoms with Crippen LogP contribution in [0.1, 0.15) is 17.2 Å². The van der Waals surface area contributed by atoms with E-state index in [1.807, 2.05) is 36.5 Å². The van der Waals surface area contributed by atoms with Crippen LogP contribution in [0.2, 0.25) is 0 Å². The molecule has 2 aromatic rings. The molecule has 1 aliphatic rings. The zero-order valence-electron chi connectivity index (χ0n) is 13.7. The summed E-state index contributed by atoms with van der Waals surface area (Å²) in [5.74, 6) is 0.679. The van der Waals surface area contributed by atoms with Gasteiger partial charge in [-0.15, -0.1) is 0 Å². The van der Waals surface area contributed by atoms with E-state index >= 15 is 0 Å². The third-order valence-corrected chi connectivity index (χ3v) is 5.25. The highest BCUT2D eigenvalue weighted by Gasteiger charge is 2.29. The van der Waals surface area contributed by atoms with E-state index in [4.69, 9.17) is 5.73 Å². The van der Waals surface area contributed by atoms with E-state index in [0.29, 0.717) is 0 Å². The number of carbonyl (C=O) groups excluding carboxylic acids is 1. The van der Waals surface area contributed by atoms with Gasteiger partial charge in [0.05, 0.1) is 0 Å². The summed E-state index contributed by atoms with van der Waals surface area (Å²) in [5.41, 5.74) is 7.79. The number of amides is 1. The maximum atomic E-state index is 12.0. The van der Waals surface area contributed by atoms with Crippen LogP contribution in [0.25, 0.3) is 0 Å². The molecule has 6 heteroatoms. The van der Waals surface area contributed by atoms with Gasteiger partial charge in [0.2, 0.25) is 5.91 Å². The number of aryl methyl sites for hydroxylation is 1. The molecule has 1 aromatic carbocycles. The second kappa shape index (κ2) is 7.32. The molecular formula is C18H21BrN4O. The van der Waals surface area contributed by atoms with Gasteiger partial charge in [-0.2, -0.15) is 0 Å². The average molecular weight is 389 g/mol. The van der Waals surface area contributed by atoms with Gasteiger partial charge in [0.25, 0.3) is 0 Å². The monoisotopic (exact) mass is 388 g/mol. The second-order valence-electron chi connectivity index (χ2n) is 6.03. The lowest BCUT2D eigenvalue weighted by Gasteiger charge is -2.38. The maximum Gasteiger partial charge on any atom is 0.239 e. The molecule has 3 rings (SSSR count). The Balaban J connectivity index is 1.71. The number of halogens is 1. The Hall–Kier alpha value is -1.92. The molecule has 0 saturated carbocycles. The van der Waals surface area contributed by atoms with Crippen molar-refractivity contribution in [2.45, 2.75) is 13.0 Å². The first kappa shape index (κ1) is 16.9. The van der Waals surface area contributed by atoms with E-state index < -0.39 is 0 Å². The number of aromatic nitrogens is 1. The number of hydrogen-bond acceptors (Lipinski definition) is 4. The van der Waals surface area contributed by atoms with Crippen LogP contribution in [0.3, 0.4) is 0 Å². The number of benzene rings is 1. The number of primary amides is 1. The molecule has 1 aliphatic heterocycles. The fourth-order valence-electron chi connectivity index (χ4n) is 3.10. The summed E-state index contributed by atoms with van der Waals surface area (Å²) in [4.78, 5) is 20.9. The standard InChI is InChI=1S/C18H21BrN4O/c1-13-11-16(21-12-15(13)19)22-7-9-23(10-8-22)17(18(20)24)14-5-3-2-4-6-14/h2-6,11-12,17H,7-10H2,1H3,(H2,20,24)/t17-/m1/s1. The highest BCUT2D eigenvalue weighted by atomic mass is 79.9. The fraction of sp³-hybridized carbons (Fsp3) is 0.333. The number of pyridine rings is 1. The van der Waals surface area contributed by atoms with Gasteiger partial charge in [0.15, 0.2) is 0 Å². The van der Waals surface area contributed by atoms with E-state index in [-0.39, 0.29) is 11.9 Å². The van der Waals surface area contributed by atoms with Crippen molar-refractivity contribution in [1.29, 1.82) is 0 Å². The van der Waals surface area contributed by atoms with E-state index in [0.717, 1.165) is 42.0 Å². The molecule has 0 spiro atoms. The molecule has 126 valence electrons. The number of nitrogens with zero attached hydrogens (tertiary/aromatic N) is 3. The predicted octanol–water partition coefficient (Wildman–Crippen LogP) is 2.50. The minimum absolute atomic E-state index is 0.299. The lowest BCUT2D eigenvalue weighted by molar-refractivity contribution is -0.123. The lowest BCUT2D eigenvalue weighted by atomic mass is 10.0. The first-order valence-electron chi connectivity index (χ1n) is 8.01. The highest BCUT2D eigenvalue weighted by Crippen LogP contribution is 2.25. The molecule has 24 heavy (non-hydrogen) atoms. The van der Waals surface area contributed by atoms with Crippen LogP contribution < -0.4 is 10.6 Å². The van der Waals surface area contributed by atoms with Gasteiger partial charge >= 0.3 is 0 Å². The summed E-state index contributed by atoms with van der Waals surface area (Å²) >= 11 is 3.48. The summed E-state index contributed by atoms with van der Waals surface area (Å²) in [6, 6.07) is 11.5. The molecule has 5 nitrogen and oxygen atoms in total. The number of nitrogens with two attached hydrogens (primary N) is 1. The Morgan fingerprint density at radius 1 is 1.21 bits per heavy atom. The normalized spacial score (nSPS) is 16.8. The smallest absolute Gasteiger partial charge is 0.239 e. The van der Waals surface area contributed by atoms with Crippen molar-refractivity contribution in [3.8, 4) is 0 Å². The maximum absolute atomic E-state index is 12.0. The largest absolute Gasteiger partial charge is 0.368 e. The third kappa shape index (κ3) is 3.60. The average Bonchev–Trinajstić information content (AvgIpc) is 2.59. The number of piperazine rings is 1. The molecule has 0 aliphatic carbocycles. The van der Waals surface area contributed by atoms with Gasteiger partial charge < -0.3 is 10.6 Å². The lowest BCUT2D eigenvalue weighted by Crippen LogP contribution is -2.50. The molecule has 0 bridgehead atoms. The van der Waals surface area contributed by atoms with Crippen LogP contribution in [0, 0.1) is 6.92 Å². The Bertz CT molecular complexity index is 714. The molecule has 2 heterocycles. The van der Waals surface area contributed by atoms with Crippen molar-refractivity contribution in [2.75, 3.05) is 31.1 Å². The Morgan fingerprint density at radius 2 is 1.88 bits per heavy atom. The molecule has 2 N–H and O–H groups in total. The van der Waals surface area contributed by atoms with Gasteiger partial charge in [-0.25, -0.2) is 4.98 Å². The van der Waals surface area contributed by atoms with Crippen molar-refractivity contribution < 1.29 is 4.79 Å². The number of hydrogen-bond donors (Lipinski definition) is 1. The molecular weight excluding hydrogens is 368 g/mol. The van der Waals surface area contributed by atoms with Gasteiger partial charge in [-0.05, 0) is 40.0 Å². The number of rotatable bonds is 4. The summed E-state index contributed by atoms with van der Waals surface area (Å²) < 4.78 is 1.02. The van der Waals surface area contributed by atoms with Crippen LogP contribution in [-0.2, 0) is 4.79 Å². The van der Waals surface area contributed by atoms with Gasteiger partial charge in [-0.3, -0.25) is 9.69 Å². The van der Waals surface area contributed by atoms with Crippen LogP contribution in [0.5, 0.6) is 0 Å². The third-order valence-electron chi connectivity index (χ3n) is 4.42. The first-order chi connectivity index (χ1) is 11.6. The van der Waals surface area contributed by atoms with E-state index in [9.17, 15) is 4.79 Å². The molecule has 1 saturated heterocycles. The summed E-state index contributed by atoms with van der Waals surface area (Å²) in [6.07, 6.45) is 1.84. The quantitative estimate of drug-likeness (QED) is 0.873. The van der Waals surface area contributed by atoms with Gasteiger partial charge in [0.1, 0.15) is 11.9 Å². The van der Waals surface area contributed by atoms with Gasteiger partial charge in [0, 0.05) is 36.8 Å². The van der Waals surface area contributed by atoms with Crippen LogP contribution in [0.15, 0.2) is 47.1 Å². The zero-order chi connectivity index (χ0) is 17.1. The SMILES string of the molecule is Cc1cc(N2CCN([C@@H](C(N)=O)c3ccccc3)CC2)ncc1Br. The topological polar surface area (TPSA) is 62.5 Å². The van der Waals surface area contributed by atoms with Crippen LogP contribution in [-0.4, -0.2) is 42.0 Å². The molecule has 0 radical (unpaired) electrons. The van der Waals surface area contributed by atoms with Crippen molar-refractivity contribution in [3.63, 3.8) is 0 Å². The molecule has 1 fully saturated rings. The summed E-state index contributed by atoms with van der Waals surface area (Å²) in [7, 11) is 0. The number of anilines is 1. The second-order valence-corrected chi connectivity index (χ2v) is 6.88. The predicted molar refractivity (Wildman–Crippen MR) is 98.8 cm³/mol. The van der Waals surface area contributed by atoms with Crippen LogP contribution in [0.4, 0.5) is 5.82 Å². The zero-order valence-corrected chi connectivity index (χ0v) is 15.2. The highest BCUT2D eigenvalue weighted by molar-refractivity contribution is 9.10. The Morgan fingerprint density at radius 3 is 2.46 bits per heavy atom. The van der Waals surface area contributed by atoms with Gasteiger partial charge in [-0.1, -0.05) is 30.3 Å². The fourth-order valence-corrected chi connectivity index (χ4v) is 3.31. The minimum Gasteiger partial charge on any atom is -0.368 e. The molecule has 1 aromatic heterocycles. The van der Waals surface area contributed by atoms with Crippen molar-refractivity contribution in [3.05, 3.63) is 58.2 Å². The van der Waals surface area contributed by atoms with Crippen molar-refractivity contribution in [1.82, 2.24) is 9.88 Å². The molecule has 1 atom stereocenters. The minimum atomic E-state index is -0.368. The van der Waals surface area contributed by atoms with Crippen LogP contribution >= 0.6 is 15.9 Å². The molecule has 1 amide bonds. The van der Waals surface area contributed by atoms with Crippen molar-refractivity contribution >= 4 is 27.7 Å². The summed E-state index contributed by atoms with van der Waals surface area (Å²) in [6.45, 7) is 5.26. The summed E-state index contributed by atoms with van der Waals surface area (Å²) in [5, 5.41) is 0. The van der Waals surface area contributed by atoms with E-state index in [1.165, 1.54) is 5.56 Å².